The molecule has 78 valence electrons. The van der Waals surface area contributed by atoms with Crippen molar-refractivity contribution >= 4 is 11.8 Å². The van der Waals surface area contributed by atoms with Crippen LogP contribution in [0.2, 0.25) is 0 Å². The van der Waals surface area contributed by atoms with E-state index in [0.717, 1.165) is 0 Å². The molecule has 0 aliphatic carbocycles. The number of nitrogens with two attached hydrogens (primary N) is 2. The van der Waals surface area contributed by atoms with Crippen LogP contribution in [-0.2, 0) is 9.59 Å². The molecule has 0 bridgehead atoms. The van der Waals surface area contributed by atoms with Gasteiger partial charge in [0.25, 0.3) is 5.91 Å². The van der Waals surface area contributed by atoms with Crippen LogP contribution in [0.5, 0.6) is 0 Å². The molecule has 14 heavy (non-hydrogen) atoms. The van der Waals surface area contributed by atoms with Crippen LogP contribution < -0.4 is 11.5 Å². The molecular formula is C7H13N5O2. The summed E-state index contributed by atoms with van der Waals surface area (Å²) >= 11 is 0. The van der Waals surface area contributed by atoms with E-state index in [9.17, 15) is 9.59 Å². The maximum Gasteiger partial charge on any atom is 0.260 e. The van der Waals surface area contributed by atoms with Crippen LogP contribution >= 0.6 is 0 Å². The van der Waals surface area contributed by atoms with Crippen LogP contribution in [0, 0.1) is 0 Å². The summed E-state index contributed by atoms with van der Waals surface area (Å²) in [6.45, 7) is 0.970. The van der Waals surface area contributed by atoms with Crippen molar-refractivity contribution in [3.8, 4) is 0 Å². The van der Waals surface area contributed by atoms with Crippen molar-refractivity contribution in [2.45, 2.75) is 18.9 Å². The Morgan fingerprint density at radius 1 is 1.50 bits per heavy atom. The van der Waals surface area contributed by atoms with Gasteiger partial charge in [-0.3, -0.25) is 9.59 Å². The maximum absolute atomic E-state index is 11.5. The van der Waals surface area contributed by atoms with Gasteiger partial charge in [-0.2, -0.15) is 5.11 Å². The molecule has 1 rings (SSSR count). The SMILES string of the molecule is NC(=O)CC[C@H](N)C(=O)N1CCN=N1. The quantitative estimate of drug-likeness (QED) is 0.591. The lowest BCUT2D eigenvalue weighted by molar-refractivity contribution is -0.132. The molecular weight excluding hydrogens is 186 g/mol. The average Bonchev–Trinajstić information content (AvgIpc) is 2.65. The minimum Gasteiger partial charge on any atom is -0.370 e. The first kappa shape index (κ1) is 10.6. The molecule has 0 aromatic heterocycles. The summed E-state index contributed by atoms with van der Waals surface area (Å²) in [5.41, 5.74) is 10.5. The van der Waals surface area contributed by atoms with Gasteiger partial charge in [0.05, 0.1) is 19.1 Å². The van der Waals surface area contributed by atoms with Gasteiger partial charge in [-0.15, -0.1) is 0 Å². The van der Waals surface area contributed by atoms with E-state index >= 15 is 0 Å². The molecule has 0 aromatic rings. The molecule has 7 heteroatoms. The van der Waals surface area contributed by atoms with Crippen LogP contribution in [-0.4, -0.2) is 36.0 Å². The summed E-state index contributed by atoms with van der Waals surface area (Å²) in [6.07, 6.45) is 0.359. The smallest absolute Gasteiger partial charge is 0.260 e. The topological polar surface area (TPSA) is 114 Å². The predicted octanol–water partition coefficient (Wildman–Crippen LogP) is -1.21. The number of nitrogens with zero attached hydrogens (tertiary/aromatic N) is 3. The fourth-order valence-corrected chi connectivity index (χ4v) is 1.07. The second-order valence-corrected chi connectivity index (χ2v) is 3.03. The first-order valence-corrected chi connectivity index (χ1v) is 4.34. The minimum atomic E-state index is -0.723. The number of carbonyl (C=O) groups is 2. The van der Waals surface area contributed by atoms with Crippen molar-refractivity contribution in [3.63, 3.8) is 0 Å². The van der Waals surface area contributed by atoms with Gasteiger partial charge in [0.15, 0.2) is 0 Å². The standard InChI is InChI=1S/C7H13N5O2/c8-5(1-2-6(9)13)7(14)12-4-3-10-11-12/h5H,1-4,8H2,(H2,9,13)/t5-/m0/s1. The normalized spacial score (nSPS) is 17.1. The summed E-state index contributed by atoms with van der Waals surface area (Å²) in [5.74, 6) is -0.774. The molecule has 2 amide bonds. The first-order valence-electron chi connectivity index (χ1n) is 4.34. The van der Waals surface area contributed by atoms with E-state index in [1.807, 2.05) is 0 Å². The zero-order valence-corrected chi connectivity index (χ0v) is 7.72. The van der Waals surface area contributed by atoms with Gasteiger partial charge >= 0.3 is 0 Å². The molecule has 0 radical (unpaired) electrons. The molecule has 1 aliphatic heterocycles. The highest BCUT2D eigenvalue weighted by atomic mass is 16.2. The Labute approximate surface area is 81.1 Å². The van der Waals surface area contributed by atoms with E-state index in [1.165, 1.54) is 5.01 Å². The molecule has 0 spiro atoms. The van der Waals surface area contributed by atoms with E-state index in [0.29, 0.717) is 13.1 Å². The Morgan fingerprint density at radius 2 is 2.21 bits per heavy atom. The Hall–Kier alpha value is -1.50. The lowest BCUT2D eigenvalue weighted by Gasteiger charge is -2.14. The van der Waals surface area contributed by atoms with E-state index in [-0.39, 0.29) is 18.7 Å². The summed E-state index contributed by atoms with van der Waals surface area (Å²) in [5, 5.41) is 8.46. The van der Waals surface area contributed by atoms with Crippen LogP contribution in [0.1, 0.15) is 12.8 Å². The molecule has 7 nitrogen and oxygen atoms in total. The second-order valence-electron chi connectivity index (χ2n) is 3.03. The third-order valence-electron chi connectivity index (χ3n) is 1.86. The van der Waals surface area contributed by atoms with Crippen molar-refractivity contribution in [2.75, 3.05) is 13.1 Å². The lowest BCUT2D eigenvalue weighted by atomic mass is 10.1. The van der Waals surface area contributed by atoms with Gasteiger partial charge < -0.3 is 11.5 Å². The van der Waals surface area contributed by atoms with Gasteiger partial charge in [0.1, 0.15) is 0 Å². The van der Waals surface area contributed by atoms with E-state index in [1.54, 1.807) is 0 Å². The molecule has 1 aliphatic rings. The lowest BCUT2D eigenvalue weighted by Crippen LogP contribution is -2.41. The zero-order valence-electron chi connectivity index (χ0n) is 7.72. The number of carbonyl (C=O) groups excluding carboxylic acids is 2. The van der Waals surface area contributed by atoms with Crippen LogP contribution in [0.15, 0.2) is 10.3 Å². The Kier molecular flexibility index (Phi) is 3.52. The van der Waals surface area contributed by atoms with Crippen LogP contribution in [0.3, 0.4) is 0 Å². The number of hydrogen-bond donors (Lipinski definition) is 2. The molecule has 0 saturated heterocycles. The summed E-state index contributed by atoms with van der Waals surface area (Å²) in [7, 11) is 0. The summed E-state index contributed by atoms with van der Waals surface area (Å²) in [6, 6.07) is -0.723. The fourth-order valence-electron chi connectivity index (χ4n) is 1.07. The molecule has 1 atom stereocenters. The van der Waals surface area contributed by atoms with Crippen molar-refractivity contribution in [2.24, 2.45) is 21.8 Å². The van der Waals surface area contributed by atoms with Crippen LogP contribution in [0.25, 0.3) is 0 Å². The molecule has 0 unspecified atom stereocenters. The molecule has 0 aromatic carbocycles. The second kappa shape index (κ2) is 4.66. The number of primary amides is 1. The monoisotopic (exact) mass is 199 g/mol. The first-order chi connectivity index (χ1) is 6.61. The Bertz CT molecular complexity index is 265. The zero-order chi connectivity index (χ0) is 10.6. The van der Waals surface area contributed by atoms with Gasteiger partial charge in [0.2, 0.25) is 5.91 Å². The summed E-state index contributed by atoms with van der Waals surface area (Å²) < 4.78 is 0. The van der Waals surface area contributed by atoms with Crippen molar-refractivity contribution in [3.05, 3.63) is 0 Å². The van der Waals surface area contributed by atoms with Gasteiger partial charge in [-0.1, -0.05) is 5.22 Å². The molecule has 4 N–H and O–H groups in total. The van der Waals surface area contributed by atoms with E-state index in [2.05, 4.69) is 10.3 Å². The minimum absolute atomic E-state index is 0.109. The number of hydrogen-bond acceptors (Lipinski definition) is 5. The molecule has 0 fully saturated rings. The maximum atomic E-state index is 11.5. The third kappa shape index (κ3) is 2.77. The van der Waals surface area contributed by atoms with Crippen molar-refractivity contribution in [1.29, 1.82) is 0 Å². The molecule has 0 saturated carbocycles. The highest BCUT2D eigenvalue weighted by Crippen LogP contribution is 2.05. The Balaban J connectivity index is 2.35. The average molecular weight is 199 g/mol. The largest absolute Gasteiger partial charge is 0.370 e. The fraction of sp³-hybridized carbons (Fsp3) is 0.714. The van der Waals surface area contributed by atoms with Gasteiger partial charge in [0, 0.05) is 6.42 Å². The van der Waals surface area contributed by atoms with Gasteiger partial charge in [-0.05, 0) is 6.42 Å². The van der Waals surface area contributed by atoms with Crippen molar-refractivity contribution < 1.29 is 9.59 Å². The Morgan fingerprint density at radius 3 is 2.71 bits per heavy atom. The third-order valence-corrected chi connectivity index (χ3v) is 1.86. The number of rotatable bonds is 4. The summed E-state index contributed by atoms with van der Waals surface area (Å²) in [4.78, 5) is 21.9. The highest BCUT2D eigenvalue weighted by Gasteiger charge is 2.23. The van der Waals surface area contributed by atoms with Crippen molar-refractivity contribution in [1.82, 2.24) is 5.01 Å². The van der Waals surface area contributed by atoms with E-state index in [4.69, 9.17) is 11.5 Å². The predicted molar refractivity (Wildman–Crippen MR) is 47.8 cm³/mol. The molecule has 1 heterocycles. The van der Waals surface area contributed by atoms with E-state index < -0.39 is 11.9 Å². The van der Waals surface area contributed by atoms with Gasteiger partial charge in [-0.25, -0.2) is 5.01 Å². The highest BCUT2D eigenvalue weighted by molar-refractivity contribution is 5.82. The van der Waals surface area contributed by atoms with Crippen LogP contribution in [0.4, 0.5) is 0 Å². The number of amides is 2.